The summed E-state index contributed by atoms with van der Waals surface area (Å²) in [6, 6.07) is 17.3. The fraction of sp³-hybridized carbons (Fsp3) is 0.364. The van der Waals surface area contributed by atoms with E-state index >= 15 is 0 Å². The van der Waals surface area contributed by atoms with Gasteiger partial charge in [-0.05, 0) is 0 Å². The molecule has 2 heterocycles. The third-order valence-corrected chi connectivity index (χ3v) is 16.2. The molecule has 0 radical (unpaired) electrons. The van der Waals surface area contributed by atoms with Crippen molar-refractivity contribution in [1.29, 1.82) is 0 Å². The second-order valence-electron chi connectivity index (χ2n) is 8.20. The molecule has 2 aromatic rings. The summed E-state index contributed by atoms with van der Waals surface area (Å²) in [6.45, 7) is 9.79. The number of benzene rings is 2. The van der Waals surface area contributed by atoms with Crippen LogP contribution in [-0.2, 0) is 9.47 Å². The monoisotopic (exact) mass is 608 g/mol. The van der Waals surface area contributed by atoms with Crippen LogP contribution in [0.25, 0.3) is 0 Å². The summed E-state index contributed by atoms with van der Waals surface area (Å²) in [5.41, 5.74) is 2.12. The van der Waals surface area contributed by atoms with Crippen LogP contribution in [0, 0.1) is 0 Å². The Morgan fingerprint density at radius 1 is 0.679 bits per heavy atom. The Morgan fingerprint density at radius 3 is 1.43 bits per heavy atom. The number of hydrogen-bond donors (Lipinski definition) is 0. The molecule has 0 N–H and O–H groups in total. The first-order chi connectivity index (χ1) is 13.3. The van der Waals surface area contributed by atoms with Gasteiger partial charge in [-0.2, -0.15) is 0 Å². The molecule has 0 aliphatic carbocycles. The quantitative estimate of drug-likeness (QED) is 0.492. The van der Waals surface area contributed by atoms with Crippen molar-refractivity contribution >= 4 is 53.1 Å². The number of nitrogens with zero attached hydrogens (tertiary/aromatic N) is 2. The van der Waals surface area contributed by atoms with E-state index in [2.05, 4.69) is 76.2 Å². The summed E-state index contributed by atoms with van der Waals surface area (Å²) >= 11 is -0.664. The maximum atomic E-state index is 5.92. The Labute approximate surface area is 183 Å². The van der Waals surface area contributed by atoms with Crippen LogP contribution in [0.15, 0.2) is 58.5 Å². The van der Waals surface area contributed by atoms with Gasteiger partial charge >= 0.3 is 184 Å². The molecule has 0 unspecified atom stereocenters. The molecular weight excluding hydrogens is 579 g/mol. The molecule has 0 atom stereocenters. The van der Waals surface area contributed by atoms with Gasteiger partial charge in [-0.15, -0.1) is 0 Å². The molecule has 0 saturated heterocycles. The van der Waals surface area contributed by atoms with Crippen LogP contribution in [0.1, 0.15) is 38.8 Å². The van der Waals surface area contributed by atoms with Gasteiger partial charge in [-0.1, -0.05) is 0 Å². The number of ether oxygens (including phenoxy) is 2. The zero-order valence-corrected chi connectivity index (χ0v) is 21.2. The summed E-state index contributed by atoms with van der Waals surface area (Å²) in [7, 11) is 0. The van der Waals surface area contributed by atoms with Gasteiger partial charge in [-0.3, -0.25) is 0 Å². The summed E-state index contributed by atoms with van der Waals surface area (Å²) in [6.07, 6.45) is 0. The molecule has 4 nitrogen and oxygen atoms in total. The molecule has 2 aliphatic heterocycles. The van der Waals surface area contributed by atoms with Crippen molar-refractivity contribution in [3.05, 3.63) is 59.7 Å². The van der Waals surface area contributed by atoms with Crippen LogP contribution in [-0.4, -0.2) is 70.2 Å². The SMILES string of the molecule is CC1(C)COC(c2ccccc2[Te][Te]c2ccccc2C2=NC(C)(C)CO2)=N1. The van der Waals surface area contributed by atoms with Gasteiger partial charge in [0, 0.05) is 0 Å². The van der Waals surface area contributed by atoms with Crippen LogP contribution >= 0.6 is 0 Å². The van der Waals surface area contributed by atoms with Gasteiger partial charge in [0.2, 0.25) is 0 Å². The van der Waals surface area contributed by atoms with Crippen LogP contribution in [0.3, 0.4) is 0 Å². The molecule has 6 heteroatoms. The van der Waals surface area contributed by atoms with E-state index < -0.39 is 0 Å². The molecule has 0 aromatic heterocycles. The molecule has 0 saturated carbocycles. The normalized spacial score (nSPS) is 19.6. The fourth-order valence-corrected chi connectivity index (χ4v) is 14.6. The van der Waals surface area contributed by atoms with Crippen LogP contribution < -0.4 is 7.22 Å². The Kier molecular flexibility index (Phi) is 5.78. The van der Waals surface area contributed by atoms with E-state index in [9.17, 15) is 0 Å². The Hall–Kier alpha value is -1.04. The summed E-state index contributed by atoms with van der Waals surface area (Å²) in [5, 5.41) is 0. The van der Waals surface area contributed by atoms with Crippen molar-refractivity contribution in [2.75, 3.05) is 13.2 Å². The molecule has 146 valence electrons. The van der Waals surface area contributed by atoms with Crippen molar-refractivity contribution in [2.45, 2.75) is 38.8 Å². The average Bonchev–Trinajstić information content (AvgIpc) is 3.21. The van der Waals surface area contributed by atoms with Gasteiger partial charge < -0.3 is 0 Å². The summed E-state index contributed by atoms with van der Waals surface area (Å²) < 4.78 is 14.7. The Morgan fingerprint density at radius 2 is 1.07 bits per heavy atom. The van der Waals surface area contributed by atoms with Gasteiger partial charge in [-0.25, -0.2) is 0 Å². The van der Waals surface area contributed by atoms with Crippen molar-refractivity contribution in [3.63, 3.8) is 0 Å². The van der Waals surface area contributed by atoms with Gasteiger partial charge in [0.15, 0.2) is 0 Å². The molecule has 2 aliphatic rings. The predicted molar refractivity (Wildman–Crippen MR) is 117 cm³/mol. The number of aliphatic imine (C=N–C) groups is 2. The van der Waals surface area contributed by atoms with Gasteiger partial charge in [0.1, 0.15) is 0 Å². The minimum absolute atomic E-state index is 0.128. The van der Waals surface area contributed by atoms with Crippen LogP contribution in [0.5, 0.6) is 0 Å². The van der Waals surface area contributed by atoms with E-state index in [1.165, 1.54) is 18.3 Å². The standard InChI is InChI=1S/C22H24N2O2Te2/c1-21(2)13-25-19(23-21)15-9-5-7-11-17(15)27-28-18-12-8-6-10-16(18)20-24-22(3,4)14-26-20/h5-12H,13-14H2,1-4H3. The van der Waals surface area contributed by atoms with Crippen molar-refractivity contribution < 1.29 is 9.47 Å². The molecule has 0 amide bonds. The average molecular weight is 604 g/mol. The first-order valence-corrected chi connectivity index (χ1v) is 19.0. The van der Waals surface area contributed by atoms with Gasteiger partial charge in [0.25, 0.3) is 0 Å². The van der Waals surface area contributed by atoms with Gasteiger partial charge in [0.05, 0.1) is 0 Å². The van der Waals surface area contributed by atoms with Crippen LogP contribution in [0.4, 0.5) is 0 Å². The van der Waals surface area contributed by atoms with Crippen molar-refractivity contribution in [1.82, 2.24) is 0 Å². The third-order valence-electron chi connectivity index (χ3n) is 4.39. The van der Waals surface area contributed by atoms with E-state index in [1.54, 1.807) is 0 Å². The van der Waals surface area contributed by atoms with E-state index in [0.29, 0.717) is 13.2 Å². The predicted octanol–water partition coefficient (Wildman–Crippen LogP) is 2.07. The number of hydrogen-bond acceptors (Lipinski definition) is 4. The second kappa shape index (κ2) is 8.00. The molecule has 4 rings (SSSR count). The fourth-order valence-electron chi connectivity index (χ4n) is 2.97. The van der Waals surface area contributed by atoms with E-state index in [1.807, 2.05) is 0 Å². The number of rotatable bonds is 5. The third kappa shape index (κ3) is 4.58. The second-order valence-corrected chi connectivity index (χ2v) is 18.0. The summed E-state index contributed by atoms with van der Waals surface area (Å²) in [5.74, 6) is 1.63. The first kappa shape index (κ1) is 20.2. The minimum atomic E-state index is -0.332. The molecule has 0 bridgehead atoms. The van der Waals surface area contributed by atoms with E-state index in [4.69, 9.17) is 19.5 Å². The Bertz CT molecular complexity index is 874. The topological polar surface area (TPSA) is 43.2 Å². The molecule has 0 fully saturated rings. The zero-order chi connectivity index (χ0) is 19.8. The molecule has 2 aromatic carbocycles. The van der Waals surface area contributed by atoms with E-state index in [0.717, 1.165) is 11.8 Å². The van der Waals surface area contributed by atoms with Crippen molar-refractivity contribution in [2.24, 2.45) is 9.98 Å². The maximum absolute atomic E-state index is 5.92. The van der Waals surface area contributed by atoms with Crippen molar-refractivity contribution in [3.8, 4) is 0 Å². The molecular formula is C22H24N2O2Te2. The molecule has 28 heavy (non-hydrogen) atoms. The van der Waals surface area contributed by atoms with Crippen LogP contribution in [0.2, 0.25) is 0 Å². The zero-order valence-electron chi connectivity index (χ0n) is 16.6. The molecule has 0 spiro atoms. The Balaban J connectivity index is 1.58. The van der Waals surface area contributed by atoms with E-state index in [-0.39, 0.29) is 45.2 Å². The first-order valence-electron chi connectivity index (χ1n) is 9.32. The summed E-state index contributed by atoms with van der Waals surface area (Å²) in [4.78, 5) is 9.59.